The molecule has 0 heterocycles. The van der Waals surface area contributed by atoms with Gasteiger partial charge in [-0.2, -0.15) is 0 Å². The van der Waals surface area contributed by atoms with Crippen LogP contribution in [0, 0.1) is 0 Å². The number of aromatic hydroxyl groups is 1. The van der Waals surface area contributed by atoms with Crippen LogP contribution in [0.15, 0.2) is 42.5 Å². The highest BCUT2D eigenvalue weighted by atomic mass is 31.2. The van der Waals surface area contributed by atoms with Crippen molar-refractivity contribution < 1.29 is 28.3 Å². The number of hydrogen-bond acceptors (Lipinski definition) is 6. The van der Waals surface area contributed by atoms with Crippen molar-refractivity contribution in [1.82, 2.24) is 4.90 Å². The first-order valence-corrected chi connectivity index (χ1v) is 11.7. The molecule has 3 rings (SSSR count). The Bertz CT molecular complexity index is 875. The number of rotatable bonds is 10. The summed E-state index contributed by atoms with van der Waals surface area (Å²) in [6.45, 7) is 3.23. The molecular formula is C22H30NO6P. The van der Waals surface area contributed by atoms with Gasteiger partial charge in [0.05, 0.1) is 0 Å². The Morgan fingerprint density at radius 2 is 1.97 bits per heavy atom. The topological polar surface area (TPSA) is 88.5 Å². The average Bonchev–Trinajstić information content (AvgIpc) is 2.76. The van der Waals surface area contributed by atoms with Crippen LogP contribution >= 0.6 is 7.82 Å². The zero-order valence-electron chi connectivity index (χ0n) is 17.5. The summed E-state index contributed by atoms with van der Waals surface area (Å²) in [6.07, 6.45) is 3.14. The minimum Gasteiger partial charge on any atom is -0.504 e. The smallest absolute Gasteiger partial charge is 0.473 e. The normalized spacial score (nSPS) is 18.1. The molecule has 30 heavy (non-hydrogen) atoms. The third-order valence-electron chi connectivity index (χ3n) is 5.41. The molecule has 0 aliphatic heterocycles. The summed E-state index contributed by atoms with van der Waals surface area (Å²) in [6, 6.07) is 13.8. The van der Waals surface area contributed by atoms with E-state index in [1.807, 2.05) is 42.5 Å². The van der Waals surface area contributed by atoms with Crippen LogP contribution in [-0.4, -0.2) is 41.3 Å². The van der Waals surface area contributed by atoms with Gasteiger partial charge in [-0.25, -0.2) is 4.57 Å². The Morgan fingerprint density at radius 1 is 1.20 bits per heavy atom. The highest BCUT2D eigenvalue weighted by molar-refractivity contribution is 7.47. The number of phenolic OH excluding ortho intramolecular Hbond substituents is 1. The van der Waals surface area contributed by atoms with Crippen molar-refractivity contribution in [3.63, 3.8) is 0 Å². The number of hydrogen-bond donors (Lipinski definition) is 2. The summed E-state index contributed by atoms with van der Waals surface area (Å²) in [5.74, 6) is 0.700. The van der Waals surface area contributed by atoms with Crippen molar-refractivity contribution in [2.75, 3.05) is 20.4 Å². The maximum absolute atomic E-state index is 11.7. The average molecular weight is 435 g/mol. The summed E-state index contributed by atoms with van der Waals surface area (Å²) < 4.78 is 27.1. The number of phenols is 1. The molecule has 0 aromatic heterocycles. The van der Waals surface area contributed by atoms with E-state index >= 15 is 0 Å². The fourth-order valence-electron chi connectivity index (χ4n) is 3.80. The fraction of sp³-hybridized carbons (Fsp3) is 0.455. The molecule has 0 radical (unpaired) electrons. The molecular weight excluding hydrogens is 405 g/mol. The highest BCUT2D eigenvalue weighted by Crippen LogP contribution is 2.43. The first-order valence-electron chi connectivity index (χ1n) is 10.2. The van der Waals surface area contributed by atoms with E-state index in [9.17, 15) is 14.6 Å². The molecule has 0 amide bonds. The van der Waals surface area contributed by atoms with Crippen LogP contribution in [0.2, 0.25) is 0 Å². The Hall–Kier alpha value is -1.89. The quantitative estimate of drug-likeness (QED) is 0.426. The SMILES string of the molecule is CCCN(COP(=O)(O)OC)C1CCc2c(ccc(OCc3ccccc3)c2O)C1. The first-order chi connectivity index (χ1) is 14.4. The number of nitrogens with zero attached hydrogens (tertiary/aromatic N) is 1. The maximum Gasteiger partial charge on any atom is 0.473 e. The van der Waals surface area contributed by atoms with Gasteiger partial charge in [0.1, 0.15) is 13.3 Å². The van der Waals surface area contributed by atoms with Crippen LogP contribution in [0.4, 0.5) is 0 Å². The second-order valence-electron chi connectivity index (χ2n) is 7.44. The third-order valence-corrected chi connectivity index (χ3v) is 6.31. The van der Waals surface area contributed by atoms with Gasteiger partial charge in [0, 0.05) is 25.3 Å². The van der Waals surface area contributed by atoms with E-state index < -0.39 is 7.82 Å². The van der Waals surface area contributed by atoms with Crippen LogP contribution in [-0.2, 0) is 33.1 Å². The van der Waals surface area contributed by atoms with Gasteiger partial charge in [-0.3, -0.25) is 13.9 Å². The van der Waals surface area contributed by atoms with Crippen LogP contribution in [0.1, 0.15) is 36.5 Å². The summed E-state index contributed by atoms with van der Waals surface area (Å²) in [5, 5.41) is 10.7. The van der Waals surface area contributed by atoms with E-state index in [-0.39, 0.29) is 18.5 Å². The molecule has 0 saturated heterocycles. The number of benzene rings is 2. The largest absolute Gasteiger partial charge is 0.504 e. The minimum absolute atomic E-state index is 0.0275. The second-order valence-corrected chi connectivity index (χ2v) is 9.00. The van der Waals surface area contributed by atoms with E-state index in [2.05, 4.69) is 16.3 Å². The molecule has 2 aromatic carbocycles. The fourth-order valence-corrected chi connectivity index (χ4v) is 4.20. The van der Waals surface area contributed by atoms with Crippen LogP contribution in [0.25, 0.3) is 0 Å². The molecule has 0 fully saturated rings. The molecule has 2 N–H and O–H groups in total. The Labute approximate surface area is 177 Å². The van der Waals surface area contributed by atoms with Crippen molar-refractivity contribution in [2.24, 2.45) is 0 Å². The molecule has 164 valence electrons. The lowest BCUT2D eigenvalue weighted by atomic mass is 9.86. The summed E-state index contributed by atoms with van der Waals surface area (Å²) in [5.41, 5.74) is 3.02. The van der Waals surface area contributed by atoms with Crippen LogP contribution in [0.5, 0.6) is 11.5 Å². The lowest BCUT2D eigenvalue weighted by Crippen LogP contribution is -2.41. The lowest BCUT2D eigenvalue weighted by molar-refractivity contribution is 0.0497. The minimum atomic E-state index is -4.01. The molecule has 8 heteroatoms. The number of fused-ring (bicyclic) bond motifs is 1. The monoisotopic (exact) mass is 435 g/mol. The summed E-state index contributed by atoms with van der Waals surface area (Å²) >= 11 is 0. The van der Waals surface area contributed by atoms with E-state index in [1.54, 1.807) is 0 Å². The number of phosphoric ester groups is 1. The molecule has 0 saturated carbocycles. The Balaban J connectivity index is 1.67. The molecule has 7 nitrogen and oxygen atoms in total. The Kier molecular flexibility index (Phi) is 7.92. The van der Waals surface area contributed by atoms with Crippen molar-refractivity contribution >= 4 is 7.82 Å². The maximum atomic E-state index is 11.7. The molecule has 0 spiro atoms. The number of phosphoric acid groups is 1. The van der Waals surface area contributed by atoms with E-state index in [4.69, 9.17) is 9.26 Å². The van der Waals surface area contributed by atoms with Crippen molar-refractivity contribution in [3.8, 4) is 11.5 Å². The van der Waals surface area contributed by atoms with Gasteiger partial charge >= 0.3 is 7.82 Å². The van der Waals surface area contributed by atoms with Gasteiger partial charge in [0.15, 0.2) is 11.5 Å². The molecule has 1 aliphatic carbocycles. The van der Waals surface area contributed by atoms with Gasteiger partial charge in [0.2, 0.25) is 0 Å². The third kappa shape index (κ3) is 5.84. The predicted octanol–water partition coefficient (Wildman–Crippen LogP) is 4.26. The lowest BCUT2D eigenvalue weighted by Gasteiger charge is -2.35. The second kappa shape index (κ2) is 10.4. The molecule has 2 aromatic rings. The van der Waals surface area contributed by atoms with Crippen molar-refractivity contribution in [1.29, 1.82) is 0 Å². The summed E-state index contributed by atoms with van der Waals surface area (Å²) in [7, 11) is -2.86. The zero-order valence-corrected chi connectivity index (χ0v) is 18.4. The van der Waals surface area contributed by atoms with Gasteiger partial charge in [-0.05, 0) is 42.9 Å². The van der Waals surface area contributed by atoms with Gasteiger partial charge in [-0.15, -0.1) is 0 Å². The molecule has 0 bridgehead atoms. The van der Waals surface area contributed by atoms with Crippen LogP contribution in [0.3, 0.4) is 0 Å². The molecule has 1 aliphatic rings. The molecule has 2 unspecified atom stereocenters. The first kappa shape index (κ1) is 22.8. The van der Waals surface area contributed by atoms with E-state index in [0.29, 0.717) is 18.8 Å². The predicted molar refractivity (Wildman–Crippen MR) is 114 cm³/mol. The zero-order chi connectivity index (χ0) is 21.6. The van der Waals surface area contributed by atoms with Gasteiger partial charge in [-0.1, -0.05) is 43.3 Å². The number of ether oxygens (including phenoxy) is 1. The highest BCUT2D eigenvalue weighted by Gasteiger charge is 2.29. The van der Waals surface area contributed by atoms with Crippen molar-refractivity contribution in [3.05, 3.63) is 59.2 Å². The summed E-state index contributed by atoms with van der Waals surface area (Å²) in [4.78, 5) is 11.6. The van der Waals surface area contributed by atoms with E-state index in [1.165, 1.54) is 0 Å². The van der Waals surface area contributed by atoms with Crippen molar-refractivity contribution in [2.45, 2.75) is 45.3 Å². The molecule has 2 atom stereocenters. The Morgan fingerprint density at radius 3 is 2.67 bits per heavy atom. The van der Waals surface area contributed by atoms with Gasteiger partial charge < -0.3 is 14.7 Å². The standard InChI is InChI=1S/C22H30NO6P/c1-3-13-23(16-29-30(25,26)27-2)19-10-11-20-18(14-19)9-12-21(22(20)24)28-15-17-7-5-4-6-8-17/h4-9,12,19,24H,3,10-11,13-16H2,1-2H3,(H,25,26). The van der Waals surface area contributed by atoms with E-state index in [0.717, 1.165) is 49.6 Å². The van der Waals surface area contributed by atoms with Gasteiger partial charge in [0.25, 0.3) is 0 Å². The van der Waals surface area contributed by atoms with Crippen LogP contribution < -0.4 is 4.74 Å².